The number of benzene rings is 2. The average molecular weight is 444 g/mol. The number of para-hydroxylation sites is 1. The number of amides is 1. The molecule has 0 radical (unpaired) electrons. The lowest BCUT2D eigenvalue weighted by Gasteiger charge is -2.18. The Morgan fingerprint density at radius 3 is 2.50 bits per heavy atom. The van der Waals surface area contributed by atoms with E-state index in [2.05, 4.69) is 9.72 Å². The molecule has 1 aliphatic heterocycles. The molecule has 1 aliphatic rings. The van der Waals surface area contributed by atoms with Gasteiger partial charge in [-0.05, 0) is 49.2 Å². The molecule has 1 N–H and O–H groups in total. The van der Waals surface area contributed by atoms with E-state index < -0.39 is 24.0 Å². The van der Waals surface area contributed by atoms with E-state index >= 15 is 0 Å². The second-order valence-electron chi connectivity index (χ2n) is 7.11. The van der Waals surface area contributed by atoms with Crippen molar-refractivity contribution in [3.05, 3.63) is 71.6 Å². The maximum Gasteiger partial charge on any atom is 0.573 e. The molecule has 1 aromatic heterocycles. The van der Waals surface area contributed by atoms with E-state index in [9.17, 15) is 22.8 Å². The number of fused-ring (bicyclic) bond motifs is 3. The number of carbonyl (C=O) groups is 2. The molecule has 0 saturated carbocycles. The first-order valence-corrected chi connectivity index (χ1v) is 9.92. The molecule has 32 heavy (non-hydrogen) atoms. The number of hydrogen-bond acceptors (Lipinski definition) is 4. The van der Waals surface area contributed by atoms with Gasteiger partial charge in [0.2, 0.25) is 0 Å². The molecule has 6 nitrogen and oxygen atoms in total. The van der Waals surface area contributed by atoms with Gasteiger partial charge in [0.05, 0.1) is 17.9 Å². The van der Waals surface area contributed by atoms with Gasteiger partial charge in [-0.2, -0.15) is 0 Å². The van der Waals surface area contributed by atoms with Crippen LogP contribution in [0, 0.1) is 0 Å². The maximum absolute atomic E-state index is 13.1. The van der Waals surface area contributed by atoms with Crippen LogP contribution in [-0.2, 0) is 16.0 Å². The zero-order valence-electron chi connectivity index (χ0n) is 17.0. The Balaban J connectivity index is 1.68. The van der Waals surface area contributed by atoms with E-state index in [0.717, 1.165) is 28.6 Å². The summed E-state index contributed by atoms with van der Waals surface area (Å²) in [4.78, 5) is 30.4. The van der Waals surface area contributed by atoms with Crippen molar-refractivity contribution in [1.82, 2.24) is 9.88 Å². The van der Waals surface area contributed by atoms with Crippen molar-refractivity contribution >= 4 is 28.4 Å². The lowest BCUT2D eigenvalue weighted by molar-refractivity contribution is -0.274. The predicted molar refractivity (Wildman–Crippen MR) is 111 cm³/mol. The monoisotopic (exact) mass is 444 g/mol. The molecule has 0 spiro atoms. The van der Waals surface area contributed by atoms with Gasteiger partial charge >= 0.3 is 12.3 Å². The average Bonchev–Trinajstić information content (AvgIpc) is 3.00. The predicted octanol–water partition coefficient (Wildman–Crippen LogP) is 4.67. The lowest BCUT2D eigenvalue weighted by Crippen LogP contribution is -2.28. The van der Waals surface area contributed by atoms with Gasteiger partial charge in [-0.3, -0.25) is 4.79 Å². The van der Waals surface area contributed by atoms with E-state index in [1.165, 1.54) is 23.2 Å². The van der Waals surface area contributed by atoms with Crippen LogP contribution in [0.2, 0.25) is 0 Å². The van der Waals surface area contributed by atoms with Crippen LogP contribution in [0.25, 0.3) is 16.5 Å². The van der Waals surface area contributed by atoms with Gasteiger partial charge in [-0.25, -0.2) is 4.79 Å². The van der Waals surface area contributed by atoms with E-state index in [1.54, 1.807) is 6.92 Å². The van der Waals surface area contributed by atoms with Crippen molar-refractivity contribution in [3.63, 3.8) is 0 Å². The van der Waals surface area contributed by atoms with Crippen LogP contribution in [0.3, 0.4) is 0 Å². The van der Waals surface area contributed by atoms with Gasteiger partial charge in [0, 0.05) is 29.2 Å². The van der Waals surface area contributed by atoms with Gasteiger partial charge in [0.1, 0.15) is 5.75 Å². The zero-order valence-corrected chi connectivity index (χ0v) is 17.0. The van der Waals surface area contributed by atoms with Crippen molar-refractivity contribution in [1.29, 1.82) is 0 Å². The number of aromatic nitrogens is 1. The Labute approximate surface area is 181 Å². The second kappa shape index (κ2) is 8.41. The summed E-state index contributed by atoms with van der Waals surface area (Å²) in [6.07, 6.45) is -2.91. The van der Waals surface area contributed by atoms with Crippen molar-refractivity contribution in [3.8, 4) is 5.75 Å². The molecule has 166 valence electrons. The molecule has 0 atom stereocenters. The van der Waals surface area contributed by atoms with E-state index in [1.807, 2.05) is 24.3 Å². The van der Waals surface area contributed by atoms with Gasteiger partial charge in [0.25, 0.3) is 5.91 Å². The van der Waals surface area contributed by atoms with Crippen LogP contribution in [-0.4, -0.2) is 41.3 Å². The summed E-state index contributed by atoms with van der Waals surface area (Å²) in [6.45, 7) is 2.13. The highest BCUT2D eigenvalue weighted by Gasteiger charge is 2.31. The molecule has 9 heteroatoms. The minimum Gasteiger partial charge on any atom is -0.462 e. The highest BCUT2D eigenvalue weighted by molar-refractivity contribution is 6.18. The Morgan fingerprint density at radius 2 is 1.81 bits per heavy atom. The van der Waals surface area contributed by atoms with Gasteiger partial charge < -0.3 is 19.4 Å². The minimum atomic E-state index is -4.82. The number of aromatic amines is 1. The standard InChI is InChI=1S/C23H19F3N2O4/c1-2-31-22(30)18-13-28(12-11-17-16-5-3-4-6-19(16)27-20(17)18)21(29)14-7-9-15(10-8-14)32-23(24,25)26/h3-10,13,27H,2,11-12H2,1H3. The highest BCUT2D eigenvalue weighted by atomic mass is 19.4. The Morgan fingerprint density at radius 1 is 1.09 bits per heavy atom. The number of esters is 1. The summed E-state index contributed by atoms with van der Waals surface area (Å²) in [6, 6.07) is 12.3. The normalized spacial score (nSPS) is 13.9. The number of nitrogens with one attached hydrogen (secondary N) is 1. The van der Waals surface area contributed by atoms with Crippen LogP contribution in [0.5, 0.6) is 5.75 Å². The van der Waals surface area contributed by atoms with E-state index in [-0.39, 0.29) is 24.3 Å². The summed E-state index contributed by atoms with van der Waals surface area (Å²) < 4.78 is 46.2. The fourth-order valence-electron chi connectivity index (χ4n) is 3.70. The van der Waals surface area contributed by atoms with E-state index in [4.69, 9.17) is 4.74 Å². The van der Waals surface area contributed by atoms with Crippen LogP contribution in [0.1, 0.15) is 28.5 Å². The van der Waals surface area contributed by atoms with Crippen LogP contribution in [0.4, 0.5) is 13.2 Å². The summed E-state index contributed by atoms with van der Waals surface area (Å²) in [5.41, 5.74) is 2.72. The van der Waals surface area contributed by atoms with Gasteiger partial charge in [-0.15, -0.1) is 13.2 Å². The van der Waals surface area contributed by atoms with E-state index in [0.29, 0.717) is 12.1 Å². The molecule has 0 saturated heterocycles. The molecule has 2 aromatic carbocycles. The Hall–Kier alpha value is -3.75. The third kappa shape index (κ3) is 4.32. The molecule has 4 rings (SSSR count). The van der Waals surface area contributed by atoms with Crippen molar-refractivity contribution in [2.75, 3.05) is 13.2 Å². The van der Waals surface area contributed by atoms with Crippen molar-refractivity contribution < 1.29 is 32.2 Å². The largest absolute Gasteiger partial charge is 0.573 e. The smallest absolute Gasteiger partial charge is 0.462 e. The molecular formula is C23H19F3N2O4. The third-order valence-electron chi connectivity index (χ3n) is 5.06. The second-order valence-corrected chi connectivity index (χ2v) is 7.11. The fraction of sp³-hybridized carbons (Fsp3) is 0.217. The summed E-state index contributed by atoms with van der Waals surface area (Å²) in [7, 11) is 0. The zero-order chi connectivity index (χ0) is 22.9. The molecule has 0 aliphatic carbocycles. The molecule has 3 aromatic rings. The Kier molecular flexibility index (Phi) is 5.65. The number of hydrogen-bond donors (Lipinski definition) is 1. The minimum absolute atomic E-state index is 0.161. The number of H-pyrrole nitrogens is 1. The van der Waals surface area contributed by atoms with Gasteiger partial charge in [-0.1, -0.05) is 18.2 Å². The fourth-order valence-corrected chi connectivity index (χ4v) is 3.70. The highest BCUT2D eigenvalue weighted by Crippen LogP contribution is 2.32. The quantitative estimate of drug-likeness (QED) is 0.594. The molecule has 0 bridgehead atoms. The summed E-state index contributed by atoms with van der Waals surface area (Å²) >= 11 is 0. The lowest BCUT2D eigenvalue weighted by atomic mass is 10.0. The SMILES string of the molecule is CCOC(=O)C1=CN(C(=O)c2ccc(OC(F)(F)F)cc2)CCc2c1[nH]c1ccccc21. The van der Waals surface area contributed by atoms with Crippen LogP contribution < -0.4 is 4.74 Å². The first-order chi connectivity index (χ1) is 15.3. The number of alkyl halides is 3. The number of rotatable bonds is 4. The number of carbonyl (C=O) groups excluding carboxylic acids is 2. The maximum atomic E-state index is 13.1. The molecule has 0 unspecified atom stereocenters. The van der Waals surface area contributed by atoms with Crippen LogP contribution >= 0.6 is 0 Å². The topological polar surface area (TPSA) is 71.6 Å². The Bertz CT molecular complexity index is 1200. The van der Waals surface area contributed by atoms with Gasteiger partial charge in [0.15, 0.2) is 0 Å². The molecule has 1 amide bonds. The summed E-state index contributed by atoms with van der Waals surface area (Å²) in [5, 5.41) is 0.945. The summed E-state index contributed by atoms with van der Waals surface area (Å²) in [5.74, 6) is -1.46. The number of ether oxygens (including phenoxy) is 2. The molecule has 0 fully saturated rings. The first kappa shape index (κ1) is 21.5. The molecule has 2 heterocycles. The first-order valence-electron chi connectivity index (χ1n) is 9.92. The van der Waals surface area contributed by atoms with Crippen molar-refractivity contribution in [2.24, 2.45) is 0 Å². The third-order valence-corrected chi connectivity index (χ3v) is 5.06. The van der Waals surface area contributed by atoms with Crippen LogP contribution in [0.15, 0.2) is 54.7 Å². The van der Waals surface area contributed by atoms with Crippen molar-refractivity contribution in [2.45, 2.75) is 19.7 Å². The number of nitrogens with zero attached hydrogens (tertiary/aromatic N) is 1. The number of halogens is 3. The molecular weight excluding hydrogens is 425 g/mol.